The van der Waals surface area contributed by atoms with Gasteiger partial charge in [-0.2, -0.15) is 4.39 Å². The van der Waals surface area contributed by atoms with Crippen molar-refractivity contribution in [3.05, 3.63) is 29.6 Å². The number of hydrogen-bond acceptors (Lipinski definition) is 2. The first-order valence-electron chi connectivity index (χ1n) is 4.09. The first kappa shape index (κ1) is 10.1. The molecule has 0 saturated heterocycles. The summed E-state index contributed by atoms with van der Waals surface area (Å²) in [5.74, 6) is -1.86. The van der Waals surface area contributed by atoms with E-state index in [4.69, 9.17) is 5.73 Å². The summed E-state index contributed by atoms with van der Waals surface area (Å²) in [5.41, 5.74) is 6.25. The number of pyridine rings is 1. The predicted molar refractivity (Wildman–Crippen MR) is 45.9 cm³/mol. The zero-order chi connectivity index (χ0) is 10.0. The number of aromatic nitrogens is 1. The van der Waals surface area contributed by atoms with E-state index in [0.717, 1.165) is 6.07 Å². The molecule has 1 aromatic heterocycles. The van der Waals surface area contributed by atoms with Crippen LogP contribution in [0, 0.1) is 17.7 Å². The maximum absolute atomic E-state index is 12.7. The molecule has 0 spiro atoms. The molecule has 0 fully saturated rings. The fourth-order valence-electron chi connectivity index (χ4n) is 1.00. The fourth-order valence-corrected chi connectivity index (χ4v) is 1.00. The van der Waals surface area contributed by atoms with E-state index in [0.29, 0.717) is 5.56 Å². The first-order valence-corrected chi connectivity index (χ1v) is 4.09. The zero-order valence-corrected chi connectivity index (χ0v) is 7.59. The van der Waals surface area contributed by atoms with E-state index in [-0.39, 0.29) is 12.0 Å². The van der Waals surface area contributed by atoms with Crippen LogP contribution in [0.4, 0.5) is 8.78 Å². The minimum Gasteiger partial charge on any atom is -0.324 e. The summed E-state index contributed by atoms with van der Waals surface area (Å²) in [6, 6.07) is 0.787. The Hall–Kier alpha value is -1.03. The highest BCUT2D eigenvalue weighted by atomic mass is 19.2. The molecule has 0 amide bonds. The van der Waals surface area contributed by atoms with Crippen LogP contribution in [0.15, 0.2) is 12.3 Å². The molecule has 13 heavy (non-hydrogen) atoms. The van der Waals surface area contributed by atoms with Crippen LogP contribution < -0.4 is 5.73 Å². The molecular formula is C9H12F2N2. The van der Waals surface area contributed by atoms with Gasteiger partial charge in [0.15, 0.2) is 5.82 Å². The van der Waals surface area contributed by atoms with Gasteiger partial charge >= 0.3 is 0 Å². The van der Waals surface area contributed by atoms with Gasteiger partial charge in [-0.05, 0) is 17.5 Å². The Kier molecular flexibility index (Phi) is 2.93. The third-order valence-electron chi connectivity index (χ3n) is 1.92. The molecule has 0 saturated carbocycles. The van der Waals surface area contributed by atoms with Crippen molar-refractivity contribution in [3.63, 3.8) is 0 Å². The van der Waals surface area contributed by atoms with Crippen molar-refractivity contribution in [2.24, 2.45) is 11.7 Å². The van der Waals surface area contributed by atoms with Crippen LogP contribution in [0.5, 0.6) is 0 Å². The second-order valence-corrected chi connectivity index (χ2v) is 3.31. The molecule has 0 unspecified atom stereocenters. The molecule has 0 radical (unpaired) electrons. The van der Waals surface area contributed by atoms with Gasteiger partial charge in [-0.3, -0.25) is 0 Å². The third kappa shape index (κ3) is 2.21. The Labute approximate surface area is 75.8 Å². The molecule has 1 aromatic rings. The molecule has 1 atom stereocenters. The minimum absolute atomic E-state index is 0.173. The van der Waals surface area contributed by atoms with Crippen LogP contribution in [-0.2, 0) is 0 Å². The van der Waals surface area contributed by atoms with Gasteiger partial charge < -0.3 is 5.73 Å². The molecule has 0 aromatic carbocycles. The molecule has 1 rings (SSSR count). The molecule has 1 heterocycles. The number of nitrogens with two attached hydrogens (primary N) is 1. The van der Waals surface area contributed by atoms with Crippen LogP contribution in [0.3, 0.4) is 0 Å². The van der Waals surface area contributed by atoms with Crippen molar-refractivity contribution in [1.29, 1.82) is 0 Å². The fraction of sp³-hybridized carbons (Fsp3) is 0.444. The Morgan fingerprint density at radius 1 is 1.38 bits per heavy atom. The maximum atomic E-state index is 12.7. The van der Waals surface area contributed by atoms with E-state index in [9.17, 15) is 8.78 Å². The summed E-state index contributed by atoms with van der Waals surface area (Å²) < 4.78 is 25.1. The van der Waals surface area contributed by atoms with Crippen LogP contribution in [0.1, 0.15) is 25.5 Å². The Morgan fingerprint density at radius 2 is 2.00 bits per heavy atom. The van der Waals surface area contributed by atoms with Crippen molar-refractivity contribution < 1.29 is 8.78 Å². The van der Waals surface area contributed by atoms with Gasteiger partial charge in [0.25, 0.3) is 0 Å². The van der Waals surface area contributed by atoms with Gasteiger partial charge in [-0.1, -0.05) is 13.8 Å². The number of nitrogens with zero attached hydrogens (tertiary/aromatic N) is 1. The molecular weight excluding hydrogens is 174 g/mol. The molecule has 2 N–H and O–H groups in total. The quantitative estimate of drug-likeness (QED) is 0.717. The number of halogens is 2. The Balaban J connectivity index is 2.97. The van der Waals surface area contributed by atoms with E-state index in [2.05, 4.69) is 4.98 Å². The average Bonchev–Trinajstić information content (AvgIpc) is 2.08. The summed E-state index contributed by atoms with van der Waals surface area (Å²) in [6.07, 6.45) is 1.27. The van der Waals surface area contributed by atoms with Gasteiger partial charge in [-0.15, -0.1) is 0 Å². The highest BCUT2D eigenvalue weighted by Crippen LogP contribution is 2.18. The average molecular weight is 186 g/mol. The van der Waals surface area contributed by atoms with Gasteiger partial charge in [0, 0.05) is 12.2 Å². The van der Waals surface area contributed by atoms with Gasteiger partial charge in [0.1, 0.15) is 0 Å². The van der Waals surface area contributed by atoms with Crippen LogP contribution in [0.2, 0.25) is 0 Å². The van der Waals surface area contributed by atoms with Crippen LogP contribution >= 0.6 is 0 Å². The monoisotopic (exact) mass is 186 g/mol. The summed E-state index contributed by atoms with van der Waals surface area (Å²) in [5, 5.41) is 0. The Morgan fingerprint density at radius 3 is 2.46 bits per heavy atom. The highest BCUT2D eigenvalue weighted by molar-refractivity contribution is 5.15. The standard InChI is InChI=1S/C9H12F2N2/c1-5(2)8(12)6-3-7(10)9(11)13-4-6/h3-5,8H,12H2,1-2H3/t8-/m0/s1. The molecule has 0 bridgehead atoms. The van der Waals surface area contributed by atoms with Crippen molar-refractivity contribution >= 4 is 0 Å². The lowest BCUT2D eigenvalue weighted by atomic mass is 9.99. The van der Waals surface area contributed by atoms with Gasteiger partial charge in [0.05, 0.1) is 0 Å². The van der Waals surface area contributed by atoms with Crippen molar-refractivity contribution in [1.82, 2.24) is 4.98 Å². The summed E-state index contributed by atoms with van der Waals surface area (Å²) in [6.45, 7) is 3.82. The molecule has 2 nitrogen and oxygen atoms in total. The summed E-state index contributed by atoms with van der Waals surface area (Å²) >= 11 is 0. The minimum atomic E-state index is -1.08. The summed E-state index contributed by atoms with van der Waals surface area (Å²) in [4.78, 5) is 3.26. The topological polar surface area (TPSA) is 38.9 Å². The van der Waals surface area contributed by atoms with Crippen LogP contribution in [-0.4, -0.2) is 4.98 Å². The van der Waals surface area contributed by atoms with E-state index in [1.165, 1.54) is 6.20 Å². The Bertz CT molecular complexity index is 300. The second kappa shape index (κ2) is 3.79. The maximum Gasteiger partial charge on any atom is 0.248 e. The highest BCUT2D eigenvalue weighted by Gasteiger charge is 2.13. The summed E-state index contributed by atoms with van der Waals surface area (Å²) in [7, 11) is 0. The molecule has 72 valence electrons. The second-order valence-electron chi connectivity index (χ2n) is 3.31. The third-order valence-corrected chi connectivity index (χ3v) is 1.92. The molecule has 4 heteroatoms. The lowest BCUT2D eigenvalue weighted by molar-refractivity contribution is 0.464. The molecule has 0 aliphatic carbocycles. The van der Waals surface area contributed by atoms with Crippen molar-refractivity contribution in [2.45, 2.75) is 19.9 Å². The van der Waals surface area contributed by atoms with Gasteiger partial charge in [0.2, 0.25) is 5.95 Å². The smallest absolute Gasteiger partial charge is 0.248 e. The van der Waals surface area contributed by atoms with E-state index >= 15 is 0 Å². The first-order chi connectivity index (χ1) is 6.02. The van der Waals surface area contributed by atoms with Crippen molar-refractivity contribution in [3.8, 4) is 0 Å². The lowest BCUT2D eigenvalue weighted by Crippen LogP contribution is -2.17. The predicted octanol–water partition coefficient (Wildman–Crippen LogP) is 2.02. The zero-order valence-electron chi connectivity index (χ0n) is 7.59. The molecule has 0 aliphatic heterocycles. The number of hydrogen-bond donors (Lipinski definition) is 1. The SMILES string of the molecule is CC(C)[C@H](N)c1cnc(F)c(F)c1. The van der Waals surface area contributed by atoms with Crippen molar-refractivity contribution in [2.75, 3.05) is 0 Å². The largest absolute Gasteiger partial charge is 0.324 e. The van der Waals surface area contributed by atoms with Gasteiger partial charge in [-0.25, -0.2) is 9.37 Å². The van der Waals surface area contributed by atoms with E-state index in [1.807, 2.05) is 13.8 Å². The lowest BCUT2D eigenvalue weighted by Gasteiger charge is -2.15. The molecule has 0 aliphatic rings. The van der Waals surface area contributed by atoms with Crippen LogP contribution in [0.25, 0.3) is 0 Å². The van der Waals surface area contributed by atoms with E-state index in [1.54, 1.807) is 0 Å². The normalized spacial score (nSPS) is 13.4. The number of rotatable bonds is 2. The van der Waals surface area contributed by atoms with E-state index < -0.39 is 11.8 Å².